The molecule has 0 aliphatic carbocycles. The lowest BCUT2D eigenvalue weighted by molar-refractivity contribution is -0.325. The van der Waals surface area contributed by atoms with Crippen LogP contribution in [-0.2, 0) is 27.2 Å². The van der Waals surface area contributed by atoms with Gasteiger partial charge in [0.15, 0.2) is 11.3 Å². The average molecular weight is 457 g/mol. The zero-order valence-electron chi connectivity index (χ0n) is 18.2. The van der Waals surface area contributed by atoms with Crippen molar-refractivity contribution in [3.05, 3.63) is 45.6 Å². The van der Waals surface area contributed by atoms with E-state index in [-0.39, 0.29) is 24.7 Å². The molecule has 1 aliphatic heterocycles. The highest BCUT2D eigenvalue weighted by molar-refractivity contribution is 5.70. The molecule has 1 atom stereocenters. The average Bonchev–Trinajstić information content (AvgIpc) is 2.75. The molecule has 0 saturated carbocycles. The third kappa shape index (κ3) is 5.81. The Morgan fingerprint density at radius 1 is 1.09 bits per heavy atom. The predicted molar refractivity (Wildman–Crippen MR) is 110 cm³/mol. The molecule has 1 aromatic heterocycles. The van der Waals surface area contributed by atoms with Gasteiger partial charge < -0.3 is 23.5 Å². The van der Waals surface area contributed by atoms with Crippen molar-refractivity contribution in [2.45, 2.75) is 32.4 Å². The van der Waals surface area contributed by atoms with Crippen LogP contribution in [0.15, 0.2) is 29.1 Å². The number of hydrogen-bond donors (Lipinski definition) is 0. The van der Waals surface area contributed by atoms with Crippen LogP contribution in [0, 0.1) is 6.92 Å². The fourth-order valence-corrected chi connectivity index (χ4v) is 3.61. The van der Waals surface area contributed by atoms with Gasteiger partial charge in [-0.1, -0.05) is 0 Å². The molecule has 0 amide bonds. The van der Waals surface area contributed by atoms with Gasteiger partial charge in [0, 0.05) is 38.0 Å². The maximum atomic E-state index is 12.6. The highest BCUT2D eigenvalue weighted by atomic mass is 19.4. The summed E-state index contributed by atoms with van der Waals surface area (Å²) < 4.78 is 63.6. The van der Waals surface area contributed by atoms with Crippen LogP contribution in [0.2, 0.25) is 0 Å². The zero-order valence-corrected chi connectivity index (χ0v) is 18.2. The van der Waals surface area contributed by atoms with Crippen LogP contribution in [-0.4, -0.2) is 57.7 Å². The molecule has 2 heterocycles. The van der Waals surface area contributed by atoms with Gasteiger partial charge in [0.05, 0.1) is 18.9 Å². The largest absolute Gasteiger partial charge is 0.522 e. The van der Waals surface area contributed by atoms with Gasteiger partial charge in [-0.05, 0) is 37.1 Å². The van der Waals surface area contributed by atoms with Gasteiger partial charge in [-0.3, -0.25) is 9.53 Å². The van der Waals surface area contributed by atoms with E-state index in [0.29, 0.717) is 36.8 Å². The summed E-state index contributed by atoms with van der Waals surface area (Å²) >= 11 is 0. The lowest BCUT2D eigenvalue weighted by atomic mass is 9.94. The van der Waals surface area contributed by atoms with Crippen molar-refractivity contribution in [2.24, 2.45) is 0 Å². The number of alkyl halides is 3. The molecule has 0 spiro atoms. The highest BCUT2D eigenvalue weighted by Gasteiger charge is 2.28. The molecular weight excluding hydrogens is 431 g/mol. The minimum Gasteiger partial charge on any atom is -0.491 e. The second-order valence-corrected chi connectivity index (χ2v) is 7.31. The first-order valence-corrected chi connectivity index (χ1v) is 10.1. The monoisotopic (exact) mass is 457 g/mol. The standard InChI is InChI=1S/C22H26F3NO6/c1-14-19(27)11-20(31-13-17(29-3)12-28-2)26-7-6-15-10-16(4-5-18(15)21(14)26)30-8-9-32-22(23,24)25/h4-5,10-11,17H,6-9,12-13H2,1-3H3/t17-/m0/s1. The molecule has 0 unspecified atom stereocenters. The number of aromatic nitrogens is 1. The number of methoxy groups -OCH3 is 2. The van der Waals surface area contributed by atoms with E-state index in [0.717, 1.165) is 16.8 Å². The number of fused-ring (bicyclic) bond motifs is 3. The third-order valence-electron chi connectivity index (χ3n) is 5.17. The van der Waals surface area contributed by atoms with E-state index in [1.54, 1.807) is 39.3 Å². The number of pyridine rings is 1. The zero-order chi connectivity index (χ0) is 23.3. The number of rotatable bonds is 10. The van der Waals surface area contributed by atoms with Crippen molar-refractivity contribution in [1.82, 2.24) is 4.57 Å². The summed E-state index contributed by atoms with van der Waals surface area (Å²) in [5.74, 6) is 0.891. The van der Waals surface area contributed by atoms with Gasteiger partial charge in [-0.15, -0.1) is 13.2 Å². The second kappa shape index (κ2) is 10.4. The summed E-state index contributed by atoms with van der Waals surface area (Å²) in [5, 5.41) is 0. The van der Waals surface area contributed by atoms with E-state index in [2.05, 4.69) is 4.74 Å². The van der Waals surface area contributed by atoms with E-state index >= 15 is 0 Å². The van der Waals surface area contributed by atoms with Crippen molar-refractivity contribution in [1.29, 1.82) is 0 Å². The van der Waals surface area contributed by atoms with Crippen LogP contribution in [0.4, 0.5) is 13.2 Å². The smallest absolute Gasteiger partial charge is 0.491 e. The first-order chi connectivity index (χ1) is 15.2. The van der Waals surface area contributed by atoms with E-state index in [9.17, 15) is 18.0 Å². The molecule has 0 saturated heterocycles. The van der Waals surface area contributed by atoms with E-state index < -0.39 is 13.0 Å². The molecule has 0 bridgehead atoms. The maximum Gasteiger partial charge on any atom is 0.522 e. The molecule has 176 valence electrons. The molecule has 32 heavy (non-hydrogen) atoms. The molecule has 0 radical (unpaired) electrons. The highest BCUT2D eigenvalue weighted by Crippen LogP contribution is 2.35. The Morgan fingerprint density at radius 3 is 2.56 bits per heavy atom. The molecule has 1 aliphatic rings. The molecule has 7 nitrogen and oxygen atoms in total. The van der Waals surface area contributed by atoms with E-state index in [1.807, 2.05) is 4.57 Å². The summed E-state index contributed by atoms with van der Waals surface area (Å²) in [6.45, 7) is 2.10. The SMILES string of the molecule is COC[C@@H](COc1cc(=O)c(C)c2n1CCc1cc(OCCOC(F)(F)F)ccc1-2)OC. The Bertz CT molecular complexity index is 989. The summed E-state index contributed by atoms with van der Waals surface area (Å²) in [5.41, 5.74) is 2.99. The van der Waals surface area contributed by atoms with Gasteiger partial charge in [0.25, 0.3) is 0 Å². The van der Waals surface area contributed by atoms with Gasteiger partial charge in [0.2, 0.25) is 0 Å². The minimum atomic E-state index is -4.68. The van der Waals surface area contributed by atoms with Gasteiger partial charge in [-0.25, -0.2) is 0 Å². The number of halogens is 3. The van der Waals surface area contributed by atoms with Crippen molar-refractivity contribution < 1.29 is 36.9 Å². The van der Waals surface area contributed by atoms with Crippen LogP contribution >= 0.6 is 0 Å². The van der Waals surface area contributed by atoms with Crippen molar-refractivity contribution >= 4 is 0 Å². The molecule has 0 fully saturated rings. The van der Waals surface area contributed by atoms with E-state index in [4.69, 9.17) is 18.9 Å². The Hall–Kier alpha value is -2.56. The molecule has 0 N–H and O–H groups in total. The van der Waals surface area contributed by atoms with Crippen LogP contribution in [0.1, 0.15) is 11.1 Å². The van der Waals surface area contributed by atoms with E-state index in [1.165, 1.54) is 6.07 Å². The molecule has 2 aromatic rings. The summed E-state index contributed by atoms with van der Waals surface area (Å²) in [6.07, 6.45) is -4.31. The number of ether oxygens (including phenoxy) is 5. The fourth-order valence-electron chi connectivity index (χ4n) is 3.61. The van der Waals surface area contributed by atoms with Crippen molar-refractivity contribution in [2.75, 3.05) is 40.6 Å². The minimum absolute atomic E-state index is 0.149. The lowest BCUT2D eigenvalue weighted by Crippen LogP contribution is -2.28. The predicted octanol–water partition coefficient (Wildman–Crippen LogP) is 3.34. The molecular formula is C22H26F3NO6. The number of nitrogens with zero attached hydrogens (tertiary/aromatic N) is 1. The first kappa shape index (κ1) is 24.1. The fraction of sp³-hybridized carbons (Fsp3) is 0.500. The van der Waals surface area contributed by atoms with Crippen LogP contribution in [0.25, 0.3) is 11.3 Å². The summed E-state index contributed by atoms with van der Waals surface area (Å²) in [4.78, 5) is 12.6. The normalized spacial score (nSPS) is 13.9. The molecule has 3 rings (SSSR count). The topological polar surface area (TPSA) is 68.2 Å². The quantitative estimate of drug-likeness (QED) is 0.510. The summed E-state index contributed by atoms with van der Waals surface area (Å²) in [7, 11) is 3.14. The van der Waals surface area contributed by atoms with Crippen molar-refractivity contribution in [3.8, 4) is 22.9 Å². The van der Waals surface area contributed by atoms with Crippen molar-refractivity contribution in [3.63, 3.8) is 0 Å². The van der Waals surface area contributed by atoms with Crippen LogP contribution in [0.3, 0.4) is 0 Å². The molecule has 10 heteroatoms. The third-order valence-corrected chi connectivity index (χ3v) is 5.17. The first-order valence-electron chi connectivity index (χ1n) is 10.1. The Labute approximate surface area is 183 Å². The summed E-state index contributed by atoms with van der Waals surface area (Å²) in [6, 6.07) is 6.73. The number of hydrogen-bond acceptors (Lipinski definition) is 6. The van der Waals surface area contributed by atoms with Crippen LogP contribution in [0.5, 0.6) is 11.6 Å². The van der Waals surface area contributed by atoms with Crippen LogP contribution < -0.4 is 14.9 Å². The Kier molecular flexibility index (Phi) is 7.81. The lowest BCUT2D eigenvalue weighted by Gasteiger charge is -2.27. The number of benzene rings is 1. The van der Waals surface area contributed by atoms with Gasteiger partial charge in [-0.2, -0.15) is 0 Å². The van der Waals surface area contributed by atoms with Gasteiger partial charge in [0.1, 0.15) is 25.1 Å². The second-order valence-electron chi connectivity index (χ2n) is 7.31. The Balaban J connectivity index is 1.81. The number of aryl methyl sites for hydroxylation is 1. The Morgan fingerprint density at radius 2 is 1.88 bits per heavy atom. The maximum absolute atomic E-state index is 12.6. The molecule has 1 aromatic carbocycles. The van der Waals surface area contributed by atoms with Gasteiger partial charge >= 0.3 is 6.36 Å².